The maximum Gasteiger partial charge on any atom is 0.0916 e. The molecule has 8 heteroatoms. The molecule has 0 radical (unpaired) electrons. The van der Waals surface area contributed by atoms with Gasteiger partial charge in [-0.05, 0) is 67.9 Å². The minimum absolute atomic E-state index is 0.430. The molecule has 6 rings (SSSR count). The summed E-state index contributed by atoms with van der Waals surface area (Å²) in [5.74, 6) is 0.712. The normalized spacial score (nSPS) is 11.9. The van der Waals surface area contributed by atoms with Crippen molar-refractivity contribution in [3.8, 4) is 0 Å². The van der Waals surface area contributed by atoms with Gasteiger partial charge < -0.3 is 4.55 Å². The lowest BCUT2D eigenvalue weighted by Crippen LogP contribution is -2.25. The zero-order valence-corrected chi connectivity index (χ0v) is 37.4. The van der Waals surface area contributed by atoms with E-state index in [2.05, 4.69) is 196 Å². The molecule has 0 saturated heterocycles. The number of benzene rings is 6. The van der Waals surface area contributed by atoms with E-state index in [9.17, 15) is 0 Å². The quantitative estimate of drug-likeness (QED) is 0.0641. The monoisotopic (exact) mass is 836 g/mol. The Morgan fingerprint density at radius 3 is 0.804 bits per heavy atom. The van der Waals surface area contributed by atoms with Gasteiger partial charge in [0.1, 0.15) is 0 Å². The molecule has 6 aromatic carbocycles. The average Bonchev–Trinajstić information content (AvgIpc) is 3.22. The second-order valence-electron chi connectivity index (χ2n) is 14.6. The molecule has 6 aromatic rings. The predicted octanol–water partition coefficient (Wildman–Crippen LogP) is 9.61. The van der Waals surface area contributed by atoms with E-state index in [0.29, 0.717) is 12.2 Å². The second-order valence-corrected chi connectivity index (χ2v) is 27.5. The lowest BCUT2D eigenvalue weighted by Gasteiger charge is -2.33. The molecule has 0 heterocycles. The van der Waals surface area contributed by atoms with Gasteiger partial charge in [-0.3, -0.25) is 0 Å². The van der Waals surface area contributed by atoms with E-state index < -0.39 is 41.1 Å². The molecule has 0 aromatic heterocycles. The Morgan fingerprint density at radius 2 is 0.625 bits per heavy atom. The van der Waals surface area contributed by atoms with Gasteiger partial charge in [0.25, 0.3) is 0 Å². The summed E-state index contributed by atoms with van der Waals surface area (Å²) in [6, 6.07) is 68.7. The highest BCUT2D eigenvalue weighted by Gasteiger charge is 2.39. The molecule has 292 valence electrons. The fourth-order valence-corrected chi connectivity index (χ4v) is 22.5. The number of hydrogen-bond acceptors (Lipinski definition) is 3. The summed E-state index contributed by atoms with van der Waals surface area (Å²) in [6.07, 6.45) is 11.3. The standard InChI is InChI=1S/C47H53P4.CH4O3S/c1-41(2)33-37-51(38-34-48(42-21-9-3-10-22-42)43-23-11-4-12-24-43,39-35-49(44-25-13-5-14-26-44)45-27-15-6-16-28-45)40-36-50(46-29-17-7-18-30-46)47-31-19-8-20-32-47;1-5(2,3)4/h3-32,41H,33-40H2,1-2H3;1H3,(H,2,3,4)/q+1;/p-1. The van der Waals surface area contributed by atoms with Crippen LogP contribution in [0.2, 0.25) is 0 Å². The van der Waals surface area contributed by atoms with E-state index in [1.54, 1.807) is 0 Å². The van der Waals surface area contributed by atoms with E-state index in [1.165, 1.54) is 81.4 Å². The lowest BCUT2D eigenvalue weighted by atomic mass is 10.2. The number of hydrogen-bond donors (Lipinski definition) is 0. The maximum absolute atomic E-state index is 9.08. The SMILES string of the molecule is CC(C)CC[P+](CCP(c1ccccc1)c1ccccc1)(CCP(c1ccccc1)c1ccccc1)CCP(c1ccccc1)c1ccccc1.CS(=O)(=O)[O-]. The van der Waals surface area contributed by atoms with Crippen molar-refractivity contribution in [1.29, 1.82) is 0 Å². The highest BCUT2D eigenvalue weighted by Crippen LogP contribution is 2.63. The van der Waals surface area contributed by atoms with E-state index in [4.69, 9.17) is 13.0 Å². The Balaban J connectivity index is 0.00000113. The third kappa shape index (κ3) is 14.7. The number of rotatable bonds is 18. The zero-order chi connectivity index (χ0) is 39.6. The van der Waals surface area contributed by atoms with Gasteiger partial charge in [0.2, 0.25) is 0 Å². The fourth-order valence-electron chi connectivity index (χ4n) is 7.01. The summed E-state index contributed by atoms with van der Waals surface area (Å²) >= 11 is 0. The van der Waals surface area contributed by atoms with Crippen molar-refractivity contribution in [2.45, 2.75) is 20.3 Å². The Kier molecular flexibility index (Phi) is 17.9. The van der Waals surface area contributed by atoms with Crippen LogP contribution in [0.1, 0.15) is 20.3 Å². The Hall–Kier alpha value is -3.05. The van der Waals surface area contributed by atoms with E-state index in [-0.39, 0.29) is 0 Å². The second kappa shape index (κ2) is 22.8. The molecule has 0 saturated carbocycles. The van der Waals surface area contributed by atoms with Crippen LogP contribution in [0.4, 0.5) is 0 Å². The highest BCUT2D eigenvalue weighted by atomic mass is 32.2. The summed E-state index contributed by atoms with van der Waals surface area (Å²) in [6.45, 7) is 4.88. The molecule has 0 aliphatic carbocycles. The van der Waals surface area contributed by atoms with Crippen LogP contribution in [-0.2, 0) is 10.1 Å². The molecule has 0 aliphatic heterocycles. The highest BCUT2D eigenvalue weighted by molar-refractivity contribution is 7.85. The lowest BCUT2D eigenvalue weighted by molar-refractivity contribution is 0.470. The third-order valence-corrected chi connectivity index (χ3v) is 23.3. The molecule has 0 N–H and O–H groups in total. The molecule has 0 amide bonds. The van der Waals surface area contributed by atoms with Crippen molar-refractivity contribution in [3.63, 3.8) is 0 Å². The van der Waals surface area contributed by atoms with Crippen LogP contribution in [0.5, 0.6) is 0 Å². The van der Waals surface area contributed by atoms with Gasteiger partial charge in [-0.25, -0.2) is 8.42 Å². The van der Waals surface area contributed by atoms with Crippen LogP contribution in [0.15, 0.2) is 182 Å². The van der Waals surface area contributed by atoms with Crippen molar-refractivity contribution < 1.29 is 13.0 Å². The molecule has 0 bridgehead atoms. The van der Waals surface area contributed by atoms with Gasteiger partial charge in [0.15, 0.2) is 0 Å². The van der Waals surface area contributed by atoms with Crippen molar-refractivity contribution in [2.24, 2.45) is 5.92 Å². The topological polar surface area (TPSA) is 57.2 Å². The predicted molar refractivity (Wildman–Crippen MR) is 253 cm³/mol. The molecule has 56 heavy (non-hydrogen) atoms. The van der Waals surface area contributed by atoms with E-state index in [1.807, 2.05) is 0 Å². The Labute approximate surface area is 341 Å². The van der Waals surface area contributed by atoms with Gasteiger partial charge in [0.05, 0.1) is 34.8 Å². The molecule has 0 unspecified atom stereocenters. The van der Waals surface area contributed by atoms with Crippen molar-refractivity contribution in [2.75, 3.05) is 49.4 Å². The Morgan fingerprint density at radius 1 is 0.429 bits per heavy atom. The van der Waals surface area contributed by atoms with Gasteiger partial charge in [-0.15, -0.1) is 0 Å². The summed E-state index contributed by atoms with van der Waals surface area (Å²) < 4.78 is 27.2. The minimum atomic E-state index is -3.92. The summed E-state index contributed by atoms with van der Waals surface area (Å²) in [7, 11) is -6.59. The first kappa shape index (κ1) is 44.1. The smallest absolute Gasteiger partial charge is 0.0916 e. The van der Waals surface area contributed by atoms with Crippen LogP contribution in [-0.4, -0.2) is 62.4 Å². The summed E-state index contributed by atoms with van der Waals surface area (Å²) in [4.78, 5) is 0. The molecule has 0 spiro atoms. The van der Waals surface area contributed by atoms with Crippen LogP contribution in [0.25, 0.3) is 0 Å². The van der Waals surface area contributed by atoms with E-state index in [0.717, 1.165) is 0 Å². The van der Waals surface area contributed by atoms with Crippen molar-refractivity contribution in [3.05, 3.63) is 182 Å². The molecule has 0 fully saturated rings. The van der Waals surface area contributed by atoms with Crippen molar-refractivity contribution >= 4 is 73.0 Å². The molecular weight excluding hydrogens is 780 g/mol. The van der Waals surface area contributed by atoms with Gasteiger partial charge in [-0.1, -0.05) is 196 Å². The third-order valence-electron chi connectivity index (χ3n) is 9.98. The first-order chi connectivity index (χ1) is 27.1. The Bertz CT molecular complexity index is 1740. The molecule has 0 atom stereocenters. The summed E-state index contributed by atoms with van der Waals surface area (Å²) in [5.41, 5.74) is 0. The van der Waals surface area contributed by atoms with Gasteiger partial charge >= 0.3 is 0 Å². The van der Waals surface area contributed by atoms with Crippen LogP contribution in [0, 0.1) is 5.92 Å². The molecule has 0 aliphatic rings. The minimum Gasteiger partial charge on any atom is -0.748 e. The summed E-state index contributed by atoms with van der Waals surface area (Å²) in [5, 5.41) is 9.12. The van der Waals surface area contributed by atoms with Crippen molar-refractivity contribution in [1.82, 2.24) is 0 Å². The average molecular weight is 837 g/mol. The molecule has 3 nitrogen and oxygen atoms in total. The van der Waals surface area contributed by atoms with E-state index >= 15 is 0 Å². The van der Waals surface area contributed by atoms with Gasteiger partial charge in [0, 0.05) is 32.0 Å². The zero-order valence-electron chi connectivity index (χ0n) is 33.0. The first-order valence-electron chi connectivity index (χ1n) is 19.5. The largest absolute Gasteiger partial charge is 0.748 e. The first-order valence-corrected chi connectivity index (χ1v) is 28.4. The molecular formula is C48H56O3P4S. The fraction of sp³-hybridized carbons (Fsp3) is 0.250. The van der Waals surface area contributed by atoms with Crippen LogP contribution < -0.4 is 31.8 Å². The van der Waals surface area contributed by atoms with Crippen LogP contribution >= 0.6 is 31.0 Å². The van der Waals surface area contributed by atoms with Gasteiger partial charge in [-0.2, -0.15) is 0 Å². The van der Waals surface area contributed by atoms with Crippen LogP contribution in [0.3, 0.4) is 0 Å². The maximum atomic E-state index is 9.08.